The Hall–Kier alpha value is -1.26. The Labute approximate surface area is 123 Å². The first kappa shape index (κ1) is 12.8. The first-order valence-corrected chi connectivity index (χ1v) is 6.95. The van der Waals surface area contributed by atoms with Crippen molar-refractivity contribution in [2.75, 3.05) is 11.9 Å². The minimum Gasteiger partial charge on any atom is -0.482 e. The Balaban J connectivity index is 1.91. The summed E-state index contributed by atoms with van der Waals surface area (Å²) in [5.74, 6) is 0.353. The second-order valence-electron chi connectivity index (χ2n) is 4.29. The predicted octanol–water partition coefficient (Wildman–Crippen LogP) is 4.79. The van der Waals surface area contributed by atoms with Crippen LogP contribution in [-0.2, 0) is 0 Å². The highest BCUT2D eigenvalue weighted by Gasteiger charge is 2.23. The van der Waals surface area contributed by atoms with Gasteiger partial charge in [0.15, 0.2) is 0 Å². The molecule has 98 valence electrons. The van der Waals surface area contributed by atoms with E-state index in [0.29, 0.717) is 23.0 Å². The first-order chi connectivity index (χ1) is 9.13. The van der Waals surface area contributed by atoms with Gasteiger partial charge in [0.2, 0.25) is 0 Å². The minimum absolute atomic E-state index is 0.182. The van der Waals surface area contributed by atoms with Crippen molar-refractivity contribution < 1.29 is 9.13 Å². The molecule has 19 heavy (non-hydrogen) atoms. The molecule has 0 saturated heterocycles. The fourth-order valence-corrected chi connectivity index (χ4v) is 2.87. The first-order valence-electron chi connectivity index (χ1n) is 5.78. The number of rotatable bonds is 1. The zero-order chi connectivity index (χ0) is 13.4. The summed E-state index contributed by atoms with van der Waals surface area (Å²) in [7, 11) is 0. The molecule has 1 aliphatic heterocycles. The van der Waals surface area contributed by atoms with Crippen molar-refractivity contribution in [1.82, 2.24) is 0 Å². The van der Waals surface area contributed by atoms with E-state index in [1.807, 2.05) is 18.2 Å². The Morgan fingerprint density at radius 2 is 2.11 bits per heavy atom. The molecule has 0 saturated carbocycles. The molecule has 1 heterocycles. The molecule has 1 aliphatic rings. The Morgan fingerprint density at radius 1 is 1.26 bits per heavy atom. The summed E-state index contributed by atoms with van der Waals surface area (Å²) in [6.07, 6.45) is -0.182. The maximum Gasteiger partial charge on any atom is 0.143 e. The molecule has 2 nitrogen and oxygen atoms in total. The fourth-order valence-electron chi connectivity index (χ4n) is 2.08. The summed E-state index contributed by atoms with van der Waals surface area (Å²) in [5.41, 5.74) is 1.58. The van der Waals surface area contributed by atoms with Gasteiger partial charge >= 0.3 is 0 Å². The van der Waals surface area contributed by atoms with Crippen LogP contribution in [0.4, 0.5) is 10.1 Å². The van der Waals surface area contributed by atoms with Gasteiger partial charge in [0.05, 0.1) is 12.2 Å². The van der Waals surface area contributed by atoms with E-state index < -0.39 is 0 Å². The van der Waals surface area contributed by atoms with Gasteiger partial charge in [-0.05, 0) is 24.3 Å². The van der Waals surface area contributed by atoms with E-state index in [4.69, 9.17) is 16.3 Å². The highest BCUT2D eigenvalue weighted by molar-refractivity contribution is 9.10. The molecule has 1 N–H and O–H groups in total. The van der Waals surface area contributed by atoms with E-state index in [1.165, 1.54) is 12.1 Å². The van der Waals surface area contributed by atoms with Crippen molar-refractivity contribution in [3.8, 4) is 5.75 Å². The SMILES string of the molecule is Fc1ccc2c(c1)NCC(c1ccc(Br)cc1Cl)O2. The van der Waals surface area contributed by atoms with Gasteiger partial charge in [-0.25, -0.2) is 4.39 Å². The number of fused-ring (bicyclic) bond motifs is 1. The largest absolute Gasteiger partial charge is 0.482 e. The van der Waals surface area contributed by atoms with E-state index in [0.717, 1.165) is 10.0 Å². The second kappa shape index (κ2) is 5.02. The summed E-state index contributed by atoms with van der Waals surface area (Å²) in [6, 6.07) is 10.1. The lowest BCUT2D eigenvalue weighted by atomic mass is 10.1. The van der Waals surface area contributed by atoms with E-state index in [1.54, 1.807) is 6.07 Å². The van der Waals surface area contributed by atoms with Crippen LogP contribution < -0.4 is 10.1 Å². The molecule has 0 spiro atoms. The van der Waals surface area contributed by atoms with Gasteiger partial charge in [0, 0.05) is 21.1 Å². The highest BCUT2D eigenvalue weighted by atomic mass is 79.9. The Bertz CT molecular complexity index is 635. The van der Waals surface area contributed by atoms with Crippen molar-refractivity contribution in [2.45, 2.75) is 6.10 Å². The Kier molecular flexibility index (Phi) is 3.37. The van der Waals surface area contributed by atoms with Gasteiger partial charge in [-0.3, -0.25) is 0 Å². The summed E-state index contributed by atoms with van der Waals surface area (Å²) >= 11 is 9.59. The number of nitrogens with one attached hydrogen (secondary N) is 1. The third kappa shape index (κ3) is 2.55. The molecule has 2 aromatic rings. The van der Waals surface area contributed by atoms with E-state index in [9.17, 15) is 4.39 Å². The van der Waals surface area contributed by atoms with Crippen LogP contribution in [0.5, 0.6) is 5.75 Å². The van der Waals surface area contributed by atoms with Crippen LogP contribution in [0.25, 0.3) is 0 Å². The maximum absolute atomic E-state index is 13.1. The van der Waals surface area contributed by atoms with E-state index in [2.05, 4.69) is 21.2 Å². The number of ether oxygens (including phenoxy) is 1. The number of benzene rings is 2. The molecular weight excluding hydrogens is 333 g/mol. The molecule has 0 amide bonds. The monoisotopic (exact) mass is 341 g/mol. The van der Waals surface area contributed by atoms with Crippen LogP contribution in [0, 0.1) is 5.82 Å². The van der Waals surface area contributed by atoms with Crippen LogP contribution in [0.3, 0.4) is 0 Å². The molecule has 2 aromatic carbocycles. The van der Waals surface area contributed by atoms with Crippen LogP contribution in [0.2, 0.25) is 5.02 Å². The average molecular weight is 343 g/mol. The van der Waals surface area contributed by atoms with Crippen molar-refractivity contribution in [1.29, 1.82) is 0 Å². The van der Waals surface area contributed by atoms with Crippen molar-refractivity contribution in [3.05, 3.63) is 57.3 Å². The maximum atomic E-state index is 13.1. The predicted molar refractivity (Wildman–Crippen MR) is 77.4 cm³/mol. The summed E-state index contributed by atoms with van der Waals surface area (Å²) in [4.78, 5) is 0. The molecule has 0 fully saturated rings. The molecule has 1 unspecified atom stereocenters. The topological polar surface area (TPSA) is 21.3 Å². The zero-order valence-electron chi connectivity index (χ0n) is 9.79. The lowest BCUT2D eigenvalue weighted by Gasteiger charge is -2.28. The van der Waals surface area contributed by atoms with Gasteiger partial charge in [-0.2, -0.15) is 0 Å². The zero-order valence-corrected chi connectivity index (χ0v) is 12.1. The third-order valence-electron chi connectivity index (χ3n) is 3.00. The van der Waals surface area contributed by atoms with E-state index >= 15 is 0 Å². The molecule has 0 bridgehead atoms. The third-order valence-corrected chi connectivity index (χ3v) is 3.82. The van der Waals surface area contributed by atoms with Crippen molar-refractivity contribution in [3.63, 3.8) is 0 Å². The van der Waals surface area contributed by atoms with Crippen LogP contribution in [-0.4, -0.2) is 6.54 Å². The molecular formula is C14H10BrClFNO. The summed E-state index contributed by atoms with van der Waals surface area (Å²) < 4.78 is 19.9. The summed E-state index contributed by atoms with van der Waals surface area (Å²) in [6.45, 7) is 0.553. The quantitative estimate of drug-likeness (QED) is 0.805. The molecule has 1 atom stereocenters. The molecule has 0 aromatic heterocycles. The van der Waals surface area contributed by atoms with Crippen molar-refractivity contribution in [2.24, 2.45) is 0 Å². The summed E-state index contributed by atoms with van der Waals surface area (Å²) in [5, 5.41) is 3.80. The van der Waals surface area contributed by atoms with Crippen molar-refractivity contribution >= 4 is 33.2 Å². The van der Waals surface area contributed by atoms with E-state index in [-0.39, 0.29) is 11.9 Å². The minimum atomic E-state index is -0.282. The smallest absolute Gasteiger partial charge is 0.143 e. The van der Waals surface area contributed by atoms with Crippen LogP contribution >= 0.6 is 27.5 Å². The molecule has 5 heteroatoms. The van der Waals surface area contributed by atoms with Gasteiger partial charge in [-0.15, -0.1) is 0 Å². The van der Waals surface area contributed by atoms with Crippen LogP contribution in [0.15, 0.2) is 40.9 Å². The molecule has 0 radical (unpaired) electrons. The lowest BCUT2D eigenvalue weighted by molar-refractivity contribution is 0.210. The van der Waals surface area contributed by atoms with Gasteiger partial charge < -0.3 is 10.1 Å². The number of hydrogen-bond donors (Lipinski definition) is 1. The molecule has 0 aliphatic carbocycles. The Morgan fingerprint density at radius 3 is 2.89 bits per heavy atom. The number of halogens is 3. The number of hydrogen-bond acceptors (Lipinski definition) is 2. The lowest BCUT2D eigenvalue weighted by Crippen LogP contribution is -2.23. The normalized spacial score (nSPS) is 17.3. The second-order valence-corrected chi connectivity index (χ2v) is 5.62. The molecule has 3 rings (SSSR count). The van der Waals surface area contributed by atoms with Gasteiger partial charge in [0.1, 0.15) is 17.7 Å². The average Bonchev–Trinajstić information content (AvgIpc) is 2.38. The standard InChI is InChI=1S/C14H10BrClFNO/c15-8-1-3-10(11(16)5-8)14-7-18-12-6-9(17)2-4-13(12)19-14/h1-6,14,18H,7H2. The fraction of sp³-hybridized carbons (Fsp3) is 0.143. The highest BCUT2D eigenvalue weighted by Crippen LogP contribution is 2.37. The van der Waals surface area contributed by atoms with Gasteiger partial charge in [-0.1, -0.05) is 33.6 Å². The van der Waals surface area contributed by atoms with Crippen LogP contribution in [0.1, 0.15) is 11.7 Å². The van der Waals surface area contributed by atoms with Gasteiger partial charge in [0.25, 0.3) is 0 Å². The number of anilines is 1.